The van der Waals surface area contributed by atoms with Gasteiger partial charge in [0.1, 0.15) is 0 Å². The van der Waals surface area contributed by atoms with Gasteiger partial charge in [-0.15, -0.1) is 0 Å². The molecule has 10 aromatic rings. The summed E-state index contributed by atoms with van der Waals surface area (Å²) in [6.07, 6.45) is 0. The van der Waals surface area contributed by atoms with E-state index in [0.717, 1.165) is 44.6 Å². The third kappa shape index (κ3) is 5.87. The summed E-state index contributed by atoms with van der Waals surface area (Å²) in [5.74, 6) is 0.698. The van der Waals surface area contributed by atoms with E-state index < -0.39 is 0 Å². The SMILES string of the molecule is CC1(C)c2cc3ccccc3cc2-c2c(-c3ccc(-c4cc(-c5ccc(-c6ccccc6)cc5-c5ccccc5)nc(-c5ccccc5)n4)c4ccccc34)cccc21. The summed E-state index contributed by atoms with van der Waals surface area (Å²) in [6.45, 7) is 4.74. The first-order chi connectivity index (χ1) is 29.0. The summed E-state index contributed by atoms with van der Waals surface area (Å²) < 4.78 is 0. The Morgan fingerprint density at radius 2 is 0.881 bits per heavy atom. The van der Waals surface area contributed by atoms with Crippen LogP contribution >= 0.6 is 0 Å². The van der Waals surface area contributed by atoms with Gasteiger partial charge in [-0.05, 0) is 101 Å². The van der Waals surface area contributed by atoms with Gasteiger partial charge in [0.25, 0.3) is 0 Å². The molecule has 0 aliphatic heterocycles. The summed E-state index contributed by atoms with van der Waals surface area (Å²) in [7, 11) is 0. The van der Waals surface area contributed by atoms with Gasteiger partial charge in [0.2, 0.25) is 0 Å². The quantitative estimate of drug-likeness (QED) is 0.169. The molecule has 0 fully saturated rings. The monoisotopic (exact) mass is 752 g/mol. The lowest BCUT2D eigenvalue weighted by Gasteiger charge is -2.22. The predicted molar refractivity (Wildman–Crippen MR) is 247 cm³/mol. The summed E-state index contributed by atoms with van der Waals surface area (Å²) in [5.41, 5.74) is 17.3. The van der Waals surface area contributed by atoms with Crippen LogP contribution in [0.4, 0.5) is 0 Å². The van der Waals surface area contributed by atoms with Crippen LogP contribution in [0, 0.1) is 0 Å². The molecule has 1 aliphatic carbocycles. The van der Waals surface area contributed by atoms with E-state index in [1.165, 1.54) is 60.7 Å². The first-order valence-corrected chi connectivity index (χ1v) is 20.4. The maximum atomic E-state index is 5.34. The molecule has 1 heterocycles. The molecule has 0 saturated heterocycles. The second-order valence-electron chi connectivity index (χ2n) is 16.1. The van der Waals surface area contributed by atoms with Crippen LogP contribution in [0.1, 0.15) is 25.0 Å². The predicted octanol–water partition coefficient (Wildman–Crippen LogP) is 15.1. The maximum absolute atomic E-state index is 5.34. The van der Waals surface area contributed by atoms with Crippen molar-refractivity contribution in [1.82, 2.24) is 9.97 Å². The lowest BCUT2D eigenvalue weighted by molar-refractivity contribution is 0.661. The molecule has 0 saturated carbocycles. The highest BCUT2D eigenvalue weighted by molar-refractivity contribution is 6.09. The molecule has 2 nitrogen and oxygen atoms in total. The fourth-order valence-corrected chi connectivity index (χ4v) is 9.33. The molecular weight excluding hydrogens is 713 g/mol. The van der Waals surface area contributed by atoms with Crippen molar-refractivity contribution in [2.45, 2.75) is 19.3 Å². The Labute approximate surface area is 345 Å². The maximum Gasteiger partial charge on any atom is 0.160 e. The molecule has 2 heteroatoms. The lowest BCUT2D eigenvalue weighted by atomic mass is 9.81. The normalized spacial score (nSPS) is 12.7. The molecule has 1 aliphatic rings. The summed E-state index contributed by atoms with van der Waals surface area (Å²) >= 11 is 0. The number of benzene rings is 9. The van der Waals surface area contributed by atoms with Crippen molar-refractivity contribution in [3.63, 3.8) is 0 Å². The van der Waals surface area contributed by atoms with E-state index in [0.29, 0.717) is 5.82 Å². The van der Waals surface area contributed by atoms with Crippen LogP contribution < -0.4 is 0 Å². The molecule has 0 unspecified atom stereocenters. The minimum absolute atomic E-state index is 0.121. The standard InChI is InChI=1S/C57H40N2/c1-57(2)51-28-16-27-48(55(51)50-34-40-23-12-13-24-41(40)35-52(50)57)45-31-32-46(44-26-15-14-25-43(44)45)53-36-54(59-56(58-53)39-21-10-5-11-22-39)47-30-29-42(37-17-6-3-7-18-37)33-49(47)38-19-8-4-9-20-38/h3-36H,1-2H3. The Balaban J connectivity index is 1.12. The van der Waals surface area contributed by atoms with E-state index >= 15 is 0 Å². The number of aromatic nitrogens is 2. The molecule has 0 radical (unpaired) electrons. The van der Waals surface area contributed by atoms with Gasteiger partial charge in [-0.3, -0.25) is 0 Å². The Kier molecular flexibility index (Phi) is 8.20. The van der Waals surface area contributed by atoms with Gasteiger partial charge < -0.3 is 0 Å². The summed E-state index contributed by atoms with van der Waals surface area (Å²) in [6, 6.07) is 74.3. The van der Waals surface area contributed by atoms with Gasteiger partial charge in [-0.1, -0.05) is 196 Å². The van der Waals surface area contributed by atoms with Crippen LogP contribution in [0.5, 0.6) is 0 Å². The smallest absolute Gasteiger partial charge is 0.160 e. The first kappa shape index (κ1) is 34.8. The minimum atomic E-state index is -0.121. The second-order valence-corrected chi connectivity index (χ2v) is 16.1. The van der Waals surface area contributed by atoms with Crippen molar-refractivity contribution < 1.29 is 0 Å². The van der Waals surface area contributed by atoms with E-state index in [9.17, 15) is 0 Å². The molecule has 9 aromatic carbocycles. The zero-order valence-electron chi connectivity index (χ0n) is 33.0. The zero-order valence-corrected chi connectivity index (χ0v) is 33.0. The highest BCUT2D eigenvalue weighted by Gasteiger charge is 2.37. The zero-order chi connectivity index (χ0) is 39.5. The molecule has 59 heavy (non-hydrogen) atoms. The van der Waals surface area contributed by atoms with Gasteiger partial charge in [0, 0.05) is 22.1 Å². The number of rotatable bonds is 6. The Morgan fingerprint density at radius 3 is 1.59 bits per heavy atom. The Bertz CT molecular complexity index is 3220. The Hall–Kier alpha value is -7.42. The number of nitrogens with zero attached hydrogens (tertiary/aromatic N) is 2. The highest BCUT2D eigenvalue weighted by atomic mass is 14.9. The summed E-state index contributed by atoms with van der Waals surface area (Å²) in [4.78, 5) is 10.7. The third-order valence-electron chi connectivity index (χ3n) is 12.3. The van der Waals surface area contributed by atoms with E-state index in [1.54, 1.807) is 0 Å². The van der Waals surface area contributed by atoms with Gasteiger partial charge in [0.05, 0.1) is 11.4 Å². The van der Waals surface area contributed by atoms with Crippen molar-refractivity contribution >= 4 is 21.5 Å². The van der Waals surface area contributed by atoms with Gasteiger partial charge in [-0.25, -0.2) is 9.97 Å². The highest BCUT2D eigenvalue weighted by Crippen LogP contribution is 2.54. The molecule has 0 N–H and O–H groups in total. The van der Waals surface area contributed by atoms with E-state index in [4.69, 9.17) is 9.97 Å². The topological polar surface area (TPSA) is 25.8 Å². The largest absolute Gasteiger partial charge is 0.228 e. The van der Waals surface area contributed by atoms with Crippen LogP contribution in [0.25, 0.3) is 100.0 Å². The second kappa shape index (κ2) is 13.9. The van der Waals surface area contributed by atoms with Crippen LogP contribution in [0.3, 0.4) is 0 Å². The third-order valence-corrected chi connectivity index (χ3v) is 12.3. The molecule has 0 atom stereocenters. The molecular formula is C57H40N2. The molecule has 1 aromatic heterocycles. The first-order valence-electron chi connectivity index (χ1n) is 20.4. The van der Waals surface area contributed by atoms with Crippen LogP contribution in [-0.2, 0) is 5.41 Å². The van der Waals surface area contributed by atoms with Gasteiger partial charge in [0.15, 0.2) is 5.82 Å². The average Bonchev–Trinajstić information content (AvgIpc) is 3.53. The van der Waals surface area contributed by atoms with Crippen LogP contribution in [0.2, 0.25) is 0 Å². The number of hydrogen-bond acceptors (Lipinski definition) is 2. The average molecular weight is 753 g/mol. The fourth-order valence-electron chi connectivity index (χ4n) is 9.33. The van der Waals surface area contributed by atoms with E-state index in [2.05, 4.69) is 214 Å². The van der Waals surface area contributed by atoms with Crippen LogP contribution in [0.15, 0.2) is 206 Å². The van der Waals surface area contributed by atoms with Crippen molar-refractivity contribution in [2.75, 3.05) is 0 Å². The molecule has 0 spiro atoms. The van der Waals surface area contributed by atoms with E-state index in [1.807, 2.05) is 6.07 Å². The summed E-state index contributed by atoms with van der Waals surface area (Å²) in [5, 5.41) is 4.91. The number of fused-ring (bicyclic) bond motifs is 5. The molecule has 0 bridgehead atoms. The van der Waals surface area contributed by atoms with Crippen molar-refractivity contribution in [1.29, 1.82) is 0 Å². The molecule has 278 valence electrons. The van der Waals surface area contributed by atoms with Gasteiger partial charge in [-0.2, -0.15) is 0 Å². The van der Waals surface area contributed by atoms with Crippen LogP contribution in [-0.4, -0.2) is 9.97 Å². The van der Waals surface area contributed by atoms with Crippen molar-refractivity contribution in [2.24, 2.45) is 0 Å². The lowest BCUT2D eigenvalue weighted by Crippen LogP contribution is -2.14. The molecule has 11 rings (SSSR count). The van der Waals surface area contributed by atoms with E-state index in [-0.39, 0.29) is 5.41 Å². The number of hydrogen-bond donors (Lipinski definition) is 0. The Morgan fingerprint density at radius 1 is 0.322 bits per heavy atom. The van der Waals surface area contributed by atoms with Gasteiger partial charge >= 0.3 is 0 Å². The molecule has 0 amide bonds. The van der Waals surface area contributed by atoms with Crippen molar-refractivity contribution in [3.05, 3.63) is 217 Å². The van der Waals surface area contributed by atoms with Crippen molar-refractivity contribution in [3.8, 4) is 78.4 Å². The fraction of sp³-hybridized carbons (Fsp3) is 0.0526. The minimum Gasteiger partial charge on any atom is -0.228 e.